The fraction of sp³-hybridized carbons (Fsp3) is 0.0312. The molecule has 0 radical (unpaired) electrons. The Hall–Kier alpha value is -8.46. The van der Waals surface area contributed by atoms with Crippen LogP contribution in [0.4, 0.5) is 0 Å². The fourth-order valence-corrected chi connectivity index (χ4v) is 11.6. The molecule has 0 amide bonds. The Morgan fingerprint density at radius 1 is 0.273 bits per heavy atom. The van der Waals surface area contributed by atoms with E-state index in [9.17, 15) is 0 Å². The molecule has 12 aromatic carbocycles. The minimum absolute atomic E-state index is 1.13. The molecule has 0 fully saturated rings. The summed E-state index contributed by atoms with van der Waals surface area (Å²) in [6.07, 6.45) is 4.80. The lowest BCUT2D eigenvalue weighted by Gasteiger charge is -2.18. The Bertz CT molecular complexity index is 4080. The quantitative estimate of drug-likeness (QED) is 0.148. The van der Waals surface area contributed by atoms with Crippen LogP contribution in [0.5, 0.6) is 0 Å². The van der Waals surface area contributed by atoms with Crippen molar-refractivity contribution in [3.8, 4) is 56.1 Å². The maximum atomic E-state index is 2.56. The maximum absolute atomic E-state index is 2.56. The number of nitrogens with zero attached hydrogens (tertiary/aromatic N) is 2. The summed E-state index contributed by atoms with van der Waals surface area (Å²) in [6, 6.07) is 76.6. The first-order chi connectivity index (χ1) is 32.6. The molecule has 2 nitrogen and oxygen atoms in total. The summed E-state index contributed by atoms with van der Waals surface area (Å²) in [6.45, 7) is 4.47. The average molecular weight is 839 g/mol. The van der Waals surface area contributed by atoms with Gasteiger partial charge in [-0.25, -0.2) is 0 Å². The van der Waals surface area contributed by atoms with Gasteiger partial charge in [-0.15, -0.1) is 0 Å². The molecule has 0 saturated carbocycles. The third-order valence-corrected chi connectivity index (χ3v) is 14.4. The SMILES string of the molecule is Cc1ccc2c(c1)c1cccc3c4c(-c5cc(-c6ccccc6)n(-c6ccccc6)c5)c5c6ccc(C)c7cccc(c5c(-c5cc(-c8ccccc8)n(-c8ccccc8)c5)c4cc2c13)c76. The van der Waals surface area contributed by atoms with Crippen LogP contribution in [-0.4, -0.2) is 9.13 Å². The number of hydrogen-bond donors (Lipinski definition) is 0. The van der Waals surface area contributed by atoms with Crippen LogP contribution in [0, 0.1) is 13.8 Å². The molecule has 2 heteroatoms. The molecule has 0 saturated heterocycles. The van der Waals surface area contributed by atoms with Gasteiger partial charge in [0.1, 0.15) is 0 Å². The zero-order valence-corrected chi connectivity index (χ0v) is 36.7. The van der Waals surface area contributed by atoms with Gasteiger partial charge in [0.25, 0.3) is 0 Å². The topological polar surface area (TPSA) is 9.86 Å². The maximum Gasteiger partial charge on any atom is 0.0534 e. The third-order valence-electron chi connectivity index (χ3n) is 14.4. The van der Waals surface area contributed by atoms with Gasteiger partial charge in [-0.05, 0) is 154 Å². The molecule has 14 rings (SSSR count). The number of aryl methyl sites for hydroxylation is 2. The molecule has 0 aliphatic carbocycles. The van der Waals surface area contributed by atoms with Crippen LogP contribution in [0.2, 0.25) is 0 Å². The number of para-hydroxylation sites is 2. The molecule has 0 spiro atoms. The van der Waals surface area contributed by atoms with Crippen molar-refractivity contribution in [3.05, 3.63) is 230 Å². The zero-order chi connectivity index (χ0) is 43.6. The number of aromatic nitrogens is 2. The van der Waals surface area contributed by atoms with E-state index in [1.54, 1.807) is 0 Å². The fourth-order valence-electron chi connectivity index (χ4n) is 11.6. The van der Waals surface area contributed by atoms with Gasteiger partial charge < -0.3 is 9.13 Å². The van der Waals surface area contributed by atoms with E-state index in [1.165, 1.54) is 120 Å². The van der Waals surface area contributed by atoms with Gasteiger partial charge in [-0.2, -0.15) is 0 Å². The molecular weight excluding hydrogens is 797 g/mol. The summed E-state index contributed by atoms with van der Waals surface area (Å²) >= 11 is 0. The molecule has 308 valence electrons. The lowest BCUT2D eigenvalue weighted by Crippen LogP contribution is -1.94. The second-order valence-electron chi connectivity index (χ2n) is 18.2. The highest BCUT2D eigenvalue weighted by atomic mass is 15.0. The molecule has 2 heterocycles. The van der Waals surface area contributed by atoms with E-state index in [4.69, 9.17) is 0 Å². The minimum atomic E-state index is 1.13. The van der Waals surface area contributed by atoms with Gasteiger partial charge in [-0.3, -0.25) is 0 Å². The van der Waals surface area contributed by atoms with Crippen LogP contribution in [-0.2, 0) is 0 Å². The Balaban J connectivity index is 1.24. The standard InChI is InChI=1S/C64H42N2/c1-39-29-31-48-53(33-39)49-26-16-27-50-61(49)54(48)36-55-58(43-34-56(41-17-7-3-8-18-41)65(37-43)45-21-11-5-12-22-45)63-51-28-15-25-47-40(2)30-32-52(60(47)51)64(63)59(62(50)55)44-35-57(42-19-9-4-10-20-42)66(38-44)46-23-13-6-14-24-46/h3-38H,1-2H3. The summed E-state index contributed by atoms with van der Waals surface area (Å²) in [5, 5.41) is 18.2. The highest BCUT2D eigenvalue weighted by Gasteiger charge is 2.29. The van der Waals surface area contributed by atoms with Crippen LogP contribution in [0.1, 0.15) is 11.1 Å². The highest BCUT2D eigenvalue weighted by Crippen LogP contribution is 2.56. The zero-order valence-electron chi connectivity index (χ0n) is 36.7. The van der Waals surface area contributed by atoms with Gasteiger partial charge in [0, 0.05) is 40.5 Å². The van der Waals surface area contributed by atoms with Gasteiger partial charge >= 0.3 is 0 Å². The monoisotopic (exact) mass is 838 g/mol. The highest BCUT2D eigenvalue weighted by molar-refractivity contribution is 6.45. The summed E-state index contributed by atoms with van der Waals surface area (Å²) < 4.78 is 4.79. The Morgan fingerprint density at radius 3 is 1.38 bits per heavy atom. The molecule has 2 aromatic heterocycles. The van der Waals surface area contributed by atoms with E-state index in [1.807, 2.05) is 0 Å². The normalized spacial score (nSPS) is 12.1. The van der Waals surface area contributed by atoms with E-state index in [2.05, 4.69) is 242 Å². The second-order valence-corrected chi connectivity index (χ2v) is 18.2. The number of hydrogen-bond acceptors (Lipinski definition) is 0. The first kappa shape index (κ1) is 37.0. The van der Waals surface area contributed by atoms with Gasteiger partial charge in [0.05, 0.1) is 11.4 Å². The van der Waals surface area contributed by atoms with Crippen molar-refractivity contribution >= 4 is 75.4 Å². The Morgan fingerprint density at radius 2 is 0.758 bits per heavy atom. The molecular formula is C64H42N2. The molecule has 0 N–H and O–H groups in total. The van der Waals surface area contributed by atoms with Crippen molar-refractivity contribution in [2.24, 2.45) is 0 Å². The van der Waals surface area contributed by atoms with Crippen LogP contribution in [0.25, 0.3) is 132 Å². The van der Waals surface area contributed by atoms with Gasteiger partial charge in [-0.1, -0.05) is 169 Å². The van der Waals surface area contributed by atoms with Crippen LogP contribution in [0.15, 0.2) is 219 Å². The lowest BCUT2D eigenvalue weighted by molar-refractivity contribution is 1.09. The first-order valence-electron chi connectivity index (χ1n) is 23.0. The van der Waals surface area contributed by atoms with E-state index >= 15 is 0 Å². The Labute approximate surface area is 382 Å². The third kappa shape index (κ3) is 5.24. The predicted molar refractivity (Wildman–Crippen MR) is 281 cm³/mol. The number of rotatable bonds is 6. The van der Waals surface area contributed by atoms with Crippen molar-refractivity contribution < 1.29 is 0 Å². The van der Waals surface area contributed by atoms with Crippen molar-refractivity contribution in [1.82, 2.24) is 9.13 Å². The van der Waals surface area contributed by atoms with Crippen LogP contribution < -0.4 is 0 Å². The van der Waals surface area contributed by atoms with Gasteiger partial charge in [0.2, 0.25) is 0 Å². The predicted octanol–water partition coefficient (Wildman–Crippen LogP) is 17.5. The molecule has 0 bridgehead atoms. The molecule has 0 atom stereocenters. The minimum Gasteiger partial charge on any atom is -0.316 e. The summed E-state index contributed by atoms with van der Waals surface area (Å²) in [5.41, 5.74) is 14.5. The number of benzene rings is 10. The summed E-state index contributed by atoms with van der Waals surface area (Å²) in [5.74, 6) is 0. The van der Waals surface area contributed by atoms with Crippen LogP contribution in [0.3, 0.4) is 0 Å². The second kappa shape index (κ2) is 14.0. The van der Waals surface area contributed by atoms with Crippen LogP contribution >= 0.6 is 0 Å². The largest absolute Gasteiger partial charge is 0.316 e. The van der Waals surface area contributed by atoms with E-state index in [0.29, 0.717) is 0 Å². The van der Waals surface area contributed by atoms with Crippen molar-refractivity contribution in [2.75, 3.05) is 0 Å². The molecule has 66 heavy (non-hydrogen) atoms. The van der Waals surface area contributed by atoms with Gasteiger partial charge in [0.15, 0.2) is 0 Å². The van der Waals surface area contributed by atoms with Crippen molar-refractivity contribution in [1.29, 1.82) is 0 Å². The Kier molecular flexibility index (Phi) is 7.85. The van der Waals surface area contributed by atoms with Crippen molar-refractivity contribution in [2.45, 2.75) is 13.8 Å². The smallest absolute Gasteiger partial charge is 0.0534 e. The van der Waals surface area contributed by atoms with E-state index in [-0.39, 0.29) is 0 Å². The molecule has 0 aliphatic rings. The lowest BCUT2D eigenvalue weighted by atomic mass is 9.84. The summed E-state index contributed by atoms with van der Waals surface area (Å²) in [4.78, 5) is 0. The molecule has 0 aliphatic heterocycles. The average Bonchev–Trinajstić information content (AvgIpc) is 4.16. The van der Waals surface area contributed by atoms with Crippen molar-refractivity contribution in [3.63, 3.8) is 0 Å². The molecule has 14 aromatic rings. The summed E-state index contributed by atoms with van der Waals surface area (Å²) in [7, 11) is 0. The van der Waals surface area contributed by atoms with E-state index < -0.39 is 0 Å². The molecule has 0 unspecified atom stereocenters. The number of fused-ring (bicyclic) bond motifs is 8. The first-order valence-corrected chi connectivity index (χ1v) is 23.0. The van der Waals surface area contributed by atoms with E-state index in [0.717, 1.165) is 22.8 Å².